The molecule has 0 aliphatic carbocycles. The van der Waals surface area contributed by atoms with Gasteiger partial charge in [-0.3, -0.25) is 4.79 Å². The zero-order chi connectivity index (χ0) is 16.1. The minimum absolute atomic E-state index is 0.0743. The third kappa shape index (κ3) is 4.34. The summed E-state index contributed by atoms with van der Waals surface area (Å²) in [5, 5.41) is 2.44. The van der Waals surface area contributed by atoms with E-state index in [1.54, 1.807) is 6.07 Å². The van der Waals surface area contributed by atoms with Crippen LogP contribution in [0.5, 0.6) is 0 Å². The number of imidazole rings is 1. The van der Waals surface area contributed by atoms with Gasteiger partial charge in [0.1, 0.15) is 4.88 Å². The average molecular weight is 353 g/mol. The monoisotopic (exact) mass is 352 g/mol. The molecule has 5 nitrogen and oxygen atoms in total. The molecule has 0 N–H and O–H groups in total. The second-order valence-corrected chi connectivity index (χ2v) is 7.06. The molecule has 124 valence electrons. The van der Waals surface area contributed by atoms with Crippen molar-refractivity contribution < 1.29 is 4.79 Å². The van der Waals surface area contributed by atoms with Crippen LogP contribution in [0.4, 0.5) is 0 Å². The summed E-state index contributed by atoms with van der Waals surface area (Å²) in [5.74, 6) is 0.0743. The predicted octanol–water partition coefficient (Wildman–Crippen LogP) is 2.84. The van der Waals surface area contributed by atoms with E-state index in [0.717, 1.165) is 52.1 Å². The van der Waals surface area contributed by atoms with Gasteiger partial charge < -0.3 is 14.4 Å². The van der Waals surface area contributed by atoms with Crippen molar-refractivity contribution in [1.29, 1.82) is 0 Å². The Balaban J connectivity index is 1.47. The van der Waals surface area contributed by atoms with Gasteiger partial charge in [-0.05, 0) is 37.4 Å². The van der Waals surface area contributed by atoms with E-state index in [2.05, 4.69) is 14.5 Å². The fourth-order valence-corrected chi connectivity index (χ4v) is 3.99. The van der Waals surface area contributed by atoms with Crippen molar-refractivity contribution in [1.82, 2.24) is 19.4 Å². The summed E-state index contributed by atoms with van der Waals surface area (Å²) in [6.45, 7) is 5.61. The standard InChI is InChI=1S/C16H21ClN4OS/c17-14-3-12-23-15(14)16(22)21-8-2-6-19(10-11-21)5-1-7-20-9-4-18-13-20/h3-4,9,12-13H,1-2,5-8,10-11H2. The van der Waals surface area contributed by atoms with Gasteiger partial charge in [-0.25, -0.2) is 4.98 Å². The zero-order valence-electron chi connectivity index (χ0n) is 13.0. The predicted molar refractivity (Wildman–Crippen MR) is 93.1 cm³/mol. The zero-order valence-corrected chi connectivity index (χ0v) is 14.6. The van der Waals surface area contributed by atoms with Crippen LogP contribution in [-0.4, -0.2) is 58.0 Å². The van der Waals surface area contributed by atoms with E-state index in [4.69, 9.17) is 11.6 Å². The summed E-state index contributed by atoms with van der Waals surface area (Å²) < 4.78 is 2.10. The topological polar surface area (TPSA) is 41.4 Å². The molecule has 7 heteroatoms. The van der Waals surface area contributed by atoms with Crippen LogP contribution in [0.3, 0.4) is 0 Å². The quantitative estimate of drug-likeness (QED) is 0.830. The molecule has 0 saturated carbocycles. The Hall–Kier alpha value is -1.37. The molecule has 0 spiro atoms. The van der Waals surface area contributed by atoms with Crippen LogP contribution in [0, 0.1) is 0 Å². The lowest BCUT2D eigenvalue weighted by atomic mass is 10.3. The van der Waals surface area contributed by atoms with E-state index in [1.165, 1.54) is 11.3 Å². The number of hydrogen-bond donors (Lipinski definition) is 0. The van der Waals surface area contributed by atoms with Gasteiger partial charge in [0.25, 0.3) is 5.91 Å². The van der Waals surface area contributed by atoms with Crippen molar-refractivity contribution >= 4 is 28.8 Å². The first-order chi connectivity index (χ1) is 11.2. The van der Waals surface area contributed by atoms with Crippen molar-refractivity contribution in [2.45, 2.75) is 19.4 Å². The fraction of sp³-hybridized carbons (Fsp3) is 0.500. The number of carbonyl (C=O) groups excluding carboxylic acids is 1. The second-order valence-electron chi connectivity index (χ2n) is 5.74. The van der Waals surface area contributed by atoms with E-state index in [9.17, 15) is 4.79 Å². The van der Waals surface area contributed by atoms with E-state index in [0.29, 0.717) is 9.90 Å². The Bertz CT molecular complexity index is 628. The first-order valence-corrected chi connectivity index (χ1v) is 9.20. The molecule has 0 aromatic carbocycles. The maximum atomic E-state index is 12.5. The molecule has 3 rings (SSSR count). The molecule has 1 saturated heterocycles. The lowest BCUT2D eigenvalue weighted by Gasteiger charge is -2.21. The van der Waals surface area contributed by atoms with Crippen molar-refractivity contribution in [3.63, 3.8) is 0 Å². The van der Waals surface area contributed by atoms with Crippen LogP contribution in [-0.2, 0) is 6.54 Å². The highest BCUT2D eigenvalue weighted by atomic mass is 35.5. The minimum atomic E-state index is 0.0743. The lowest BCUT2D eigenvalue weighted by Crippen LogP contribution is -2.35. The highest BCUT2D eigenvalue weighted by molar-refractivity contribution is 7.12. The van der Waals surface area contributed by atoms with Gasteiger partial charge in [0.15, 0.2) is 0 Å². The van der Waals surface area contributed by atoms with Crippen LogP contribution >= 0.6 is 22.9 Å². The maximum absolute atomic E-state index is 12.5. The first kappa shape index (κ1) is 16.5. The Morgan fingerprint density at radius 3 is 2.91 bits per heavy atom. The summed E-state index contributed by atoms with van der Waals surface area (Å²) >= 11 is 7.51. The van der Waals surface area contributed by atoms with Crippen LogP contribution < -0.4 is 0 Å². The van der Waals surface area contributed by atoms with E-state index >= 15 is 0 Å². The van der Waals surface area contributed by atoms with Crippen molar-refractivity contribution in [2.75, 3.05) is 32.7 Å². The van der Waals surface area contributed by atoms with Crippen LogP contribution in [0.2, 0.25) is 5.02 Å². The molecular weight excluding hydrogens is 332 g/mol. The van der Waals surface area contributed by atoms with Gasteiger partial charge in [0.2, 0.25) is 0 Å². The molecule has 1 aliphatic heterocycles. The van der Waals surface area contributed by atoms with E-state index in [1.807, 2.05) is 29.0 Å². The normalized spacial score (nSPS) is 16.5. The van der Waals surface area contributed by atoms with Gasteiger partial charge >= 0.3 is 0 Å². The SMILES string of the molecule is O=C(c1sccc1Cl)N1CCCN(CCCn2ccnc2)CC1. The first-order valence-electron chi connectivity index (χ1n) is 7.94. The molecule has 0 atom stereocenters. The number of carbonyl (C=O) groups is 1. The number of nitrogens with zero attached hydrogens (tertiary/aromatic N) is 4. The van der Waals surface area contributed by atoms with Gasteiger partial charge in [-0.1, -0.05) is 11.6 Å². The largest absolute Gasteiger partial charge is 0.337 e. The second kappa shape index (κ2) is 7.95. The van der Waals surface area contributed by atoms with Crippen LogP contribution in [0.1, 0.15) is 22.5 Å². The summed E-state index contributed by atoms with van der Waals surface area (Å²) in [6.07, 6.45) is 7.77. The van der Waals surface area contributed by atoms with Crippen molar-refractivity contribution in [3.05, 3.63) is 40.1 Å². The Kier molecular flexibility index (Phi) is 5.70. The molecule has 2 aromatic heterocycles. The number of amides is 1. The minimum Gasteiger partial charge on any atom is -0.337 e. The molecule has 1 amide bonds. The molecule has 0 bridgehead atoms. The summed E-state index contributed by atoms with van der Waals surface area (Å²) in [4.78, 5) is 21.6. The molecule has 0 radical (unpaired) electrons. The van der Waals surface area contributed by atoms with Crippen molar-refractivity contribution in [2.24, 2.45) is 0 Å². The summed E-state index contributed by atoms with van der Waals surface area (Å²) in [6, 6.07) is 1.79. The molecule has 0 unspecified atom stereocenters. The van der Waals surface area contributed by atoms with Crippen LogP contribution in [0.25, 0.3) is 0 Å². The number of rotatable bonds is 5. The Labute approximate surface area is 145 Å². The fourth-order valence-electron chi connectivity index (χ4n) is 2.88. The van der Waals surface area contributed by atoms with E-state index < -0.39 is 0 Å². The number of thiophene rings is 1. The molecule has 23 heavy (non-hydrogen) atoms. The van der Waals surface area contributed by atoms with Gasteiger partial charge in [0, 0.05) is 38.6 Å². The van der Waals surface area contributed by atoms with E-state index in [-0.39, 0.29) is 5.91 Å². The molecule has 1 aliphatic rings. The smallest absolute Gasteiger partial charge is 0.265 e. The molecule has 2 aromatic rings. The third-order valence-corrected chi connectivity index (χ3v) is 5.47. The average Bonchev–Trinajstić information content (AvgIpc) is 3.15. The molecular formula is C16H21ClN4OS. The van der Waals surface area contributed by atoms with Crippen LogP contribution in [0.15, 0.2) is 30.2 Å². The highest BCUT2D eigenvalue weighted by Crippen LogP contribution is 2.24. The van der Waals surface area contributed by atoms with Crippen molar-refractivity contribution in [3.8, 4) is 0 Å². The summed E-state index contributed by atoms with van der Waals surface area (Å²) in [5.41, 5.74) is 0. The lowest BCUT2D eigenvalue weighted by molar-refractivity contribution is 0.0766. The Morgan fingerprint density at radius 2 is 2.17 bits per heavy atom. The van der Waals surface area contributed by atoms with Gasteiger partial charge in [-0.2, -0.15) is 0 Å². The summed E-state index contributed by atoms with van der Waals surface area (Å²) in [7, 11) is 0. The number of aryl methyl sites for hydroxylation is 1. The number of halogens is 1. The number of aromatic nitrogens is 2. The van der Waals surface area contributed by atoms with Gasteiger partial charge in [0.05, 0.1) is 11.3 Å². The maximum Gasteiger partial charge on any atom is 0.265 e. The molecule has 1 fully saturated rings. The highest BCUT2D eigenvalue weighted by Gasteiger charge is 2.22. The molecule has 3 heterocycles. The third-order valence-electron chi connectivity index (χ3n) is 4.14. The Morgan fingerprint density at radius 1 is 1.26 bits per heavy atom. The number of hydrogen-bond acceptors (Lipinski definition) is 4. The van der Waals surface area contributed by atoms with Gasteiger partial charge in [-0.15, -0.1) is 11.3 Å².